The monoisotopic (exact) mass is 785 g/mol. The van der Waals surface area contributed by atoms with Crippen LogP contribution in [-0.2, 0) is 0 Å². The van der Waals surface area contributed by atoms with Gasteiger partial charge >= 0.3 is 0 Å². The van der Waals surface area contributed by atoms with E-state index in [0.717, 1.165) is 50.7 Å². The first-order valence-corrected chi connectivity index (χ1v) is 20.9. The zero-order valence-corrected chi connectivity index (χ0v) is 34.6. The van der Waals surface area contributed by atoms with E-state index in [1.165, 1.54) is 65.9 Å². The maximum absolute atomic E-state index is 4.26. The molecule has 0 saturated carbocycles. The standard InChI is InChI=1S/C56H43N5/c1-36-5-17-53-49(29-36)50-30-37(2)6-18-54(50)60(53)47-33-46(34-48(35-47)61-55-19-7-38(3)31-51(55)52-32-39(4)8-20-56(52)61)59(44-13-9-40(10-14-44)42-21-25-57-26-22-42)45-15-11-41(12-16-45)43-23-27-58-28-24-43/h5-35H,1-4H3. The van der Waals surface area contributed by atoms with Crippen LogP contribution in [0.1, 0.15) is 22.3 Å². The highest BCUT2D eigenvalue weighted by Gasteiger charge is 2.21. The molecule has 0 amide bonds. The van der Waals surface area contributed by atoms with E-state index in [1.54, 1.807) is 0 Å². The number of rotatable bonds is 7. The molecule has 0 radical (unpaired) electrons. The molecule has 0 aliphatic rings. The van der Waals surface area contributed by atoms with Gasteiger partial charge in [0, 0.05) is 57.7 Å². The minimum absolute atomic E-state index is 1.05. The quantitative estimate of drug-likeness (QED) is 0.162. The van der Waals surface area contributed by atoms with Crippen LogP contribution in [0.4, 0.5) is 17.1 Å². The number of hydrogen-bond acceptors (Lipinski definition) is 3. The van der Waals surface area contributed by atoms with Crippen molar-refractivity contribution in [1.29, 1.82) is 0 Å². The predicted octanol–water partition coefficient (Wildman–Crippen LogP) is 14.7. The summed E-state index contributed by atoms with van der Waals surface area (Å²) in [7, 11) is 0. The van der Waals surface area contributed by atoms with Crippen LogP contribution in [0.3, 0.4) is 0 Å². The lowest BCUT2D eigenvalue weighted by atomic mass is 10.0. The van der Waals surface area contributed by atoms with Crippen LogP contribution in [0.2, 0.25) is 0 Å². The van der Waals surface area contributed by atoms with E-state index in [0.29, 0.717) is 0 Å². The van der Waals surface area contributed by atoms with Crippen molar-refractivity contribution in [3.8, 4) is 33.6 Å². The van der Waals surface area contributed by atoms with Gasteiger partial charge in [-0.05, 0) is 165 Å². The summed E-state index contributed by atoms with van der Waals surface area (Å²) in [5, 5.41) is 5.01. The van der Waals surface area contributed by atoms with E-state index in [1.807, 2.05) is 24.8 Å². The first-order valence-electron chi connectivity index (χ1n) is 20.9. The van der Waals surface area contributed by atoms with Crippen LogP contribution in [-0.4, -0.2) is 19.1 Å². The number of aryl methyl sites for hydroxylation is 4. The molecule has 7 aromatic carbocycles. The second kappa shape index (κ2) is 14.5. The van der Waals surface area contributed by atoms with Crippen LogP contribution in [0, 0.1) is 27.7 Å². The molecule has 0 aliphatic heterocycles. The Hall–Kier alpha value is -7.76. The number of nitrogens with zero attached hydrogens (tertiary/aromatic N) is 5. The number of benzene rings is 7. The van der Waals surface area contributed by atoms with Gasteiger partial charge in [-0.3, -0.25) is 9.97 Å². The normalized spacial score (nSPS) is 11.6. The first kappa shape index (κ1) is 36.3. The lowest BCUT2D eigenvalue weighted by Crippen LogP contribution is -2.12. The summed E-state index contributed by atoms with van der Waals surface area (Å²) in [6.07, 6.45) is 7.39. The zero-order chi connectivity index (χ0) is 41.2. The Bertz CT molecular complexity index is 3090. The van der Waals surface area contributed by atoms with Gasteiger partial charge in [0.15, 0.2) is 0 Å². The summed E-state index contributed by atoms with van der Waals surface area (Å²) in [4.78, 5) is 10.9. The fourth-order valence-electron chi connectivity index (χ4n) is 9.17. The van der Waals surface area contributed by atoms with Crippen molar-refractivity contribution in [2.24, 2.45) is 0 Å². The minimum atomic E-state index is 1.05. The maximum atomic E-state index is 4.26. The predicted molar refractivity (Wildman–Crippen MR) is 255 cm³/mol. The third kappa shape index (κ3) is 6.34. The molecule has 0 fully saturated rings. The molecule has 61 heavy (non-hydrogen) atoms. The summed E-state index contributed by atoms with van der Waals surface area (Å²) >= 11 is 0. The molecular formula is C56H43N5. The molecule has 5 heteroatoms. The van der Waals surface area contributed by atoms with Crippen LogP contribution < -0.4 is 4.90 Å². The molecule has 0 unspecified atom stereocenters. The first-order chi connectivity index (χ1) is 29.9. The Balaban J connectivity index is 1.21. The van der Waals surface area contributed by atoms with Gasteiger partial charge in [-0.2, -0.15) is 0 Å². The molecule has 0 N–H and O–H groups in total. The largest absolute Gasteiger partial charge is 0.310 e. The van der Waals surface area contributed by atoms with Gasteiger partial charge in [0.25, 0.3) is 0 Å². The van der Waals surface area contributed by atoms with Crippen molar-refractivity contribution in [2.75, 3.05) is 4.90 Å². The SMILES string of the molecule is Cc1ccc2c(c1)c1cc(C)ccc1n2-c1cc(N(c2ccc(-c3ccncc3)cc2)c2ccc(-c3ccncc3)cc2)cc(-n2c3ccc(C)cc3c3cc(C)ccc32)c1. The molecule has 5 nitrogen and oxygen atoms in total. The molecule has 0 atom stereocenters. The molecule has 11 rings (SSSR count). The van der Waals surface area contributed by atoms with Gasteiger partial charge in [0.2, 0.25) is 0 Å². The smallest absolute Gasteiger partial charge is 0.0541 e. The molecule has 4 aromatic heterocycles. The Kier molecular flexibility index (Phi) is 8.64. The van der Waals surface area contributed by atoms with E-state index in [9.17, 15) is 0 Å². The number of aromatic nitrogens is 4. The lowest BCUT2D eigenvalue weighted by Gasteiger charge is -2.28. The van der Waals surface area contributed by atoms with Crippen molar-refractivity contribution in [2.45, 2.75) is 27.7 Å². The topological polar surface area (TPSA) is 38.9 Å². The molecule has 0 bridgehead atoms. The third-order valence-corrected chi connectivity index (χ3v) is 12.1. The summed E-state index contributed by atoms with van der Waals surface area (Å²) in [6, 6.07) is 60.5. The molecule has 0 spiro atoms. The molecule has 0 aliphatic carbocycles. The summed E-state index contributed by atoms with van der Waals surface area (Å²) in [6.45, 7) is 8.72. The Labute approximate surface area is 355 Å². The van der Waals surface area contributed by atoms with E-state index >= 15 is 0 Å². The number of hydrogen-bond donors (Lipinski definition) is 0. The Morgan fingerprint density at radius 3 is 0.951 bits per heavy atom. The minimum Gasteiger partial charge on any atom is -0.310 e. The van der Waals surface area contributed by atoms with Gasteiger partial charge in [-0.25, -0.2) is 0 Å². The molecule has 4 heterocycles. The van der Waals surface area contributed by atoms with Crippen LogP contribution in [0.25, 0.3) is 77.2 Å². The van der Waals surface area contributed by atoms with Gasteiger partial charge in [-0.1, -0.05) is 70.8 Å². The number of anilines is 3. The summed E-state index contributed by atoms with van der Waals surface area (Å²) < 4.78 is 4.91. The summed E-state index contributed by atoms with van der Waals surface area (Å²) in [5.41, 5.74) is 19.6. The van der Waals surface area contributed by atoms with E-state index in [2.05, 4.69) is 215 Å². The van der Waals surface area contributed by atoms with Crippen molar-refractivity contribution in [3.63, 3.8) is 0 Å². The third-order valence-electron chi connectivity index (χ3n) is 12.1. The van der Waals surface area contributed by atoms with Crippen LogP contribution in [0.15, 0.2) is 189 Å². The van der Waals surface area contributed by atoms with E-state index < -0.39 is 0 Å². The van der Waals surface area contributed by atoms with Gasteiger partial charge in [0.05, 0.1) is 39.1 Å². The van der Waals surface area contributed by atoms with Crippen molar-refractivity contribution >= 4 is 60.7 Å². The van der Waals surface area contributed by atoms with Crippen LogP contribution >= 0.6 is 0 Å². The Morgan fingerprint density at radius 2 is 0.623 bits per heavy atom. The highest BCUT2D eigenvalue weighted by Crippen LogP contribution is 2.42. The molecular weight excluding hydrogens is 743 g/mol. The van der Waals surface area contributed by atoms with Gasteiger partial charge in [0.1, 0.15) is 0 Å². The second-order valence-corrected chi connectivity index (χ2v) is 16.4. The van der Waals surface area contributed by atoms with Crippen molar-refractivity contribution in [1.82, 2.24) is 19.1 Å². The fourth-order valence-corrected chi connectivity index (χ4v) is 9.17. The molecule has 0 saturated heterocycles. The highest BCUT2D eigenvalue weighted by molar-refractivity contribution is 6.11. The van der Waals surface area contributed by atoms with E-state index in [4.69, 9.17) is 0 Å². The fraction of sp³-hybridized carbons (Fsp3) is 0.0714. The average Bonchev–Trinajstić information content (AvgIpc) is 3.78. The van der Waals surface area contributed by atoms with Crippen LogP contribution in [0.5, 0.6) is 0 Å². The molecule has 292 valence electrons. The lowest BCUT2D eigenvalue weighted by molar-refractivity contribution is 1.12. The van der Waals surface area contributed by atoms with Crippen molar-refractivity contribution in [3.05, 3.63) is 211 Å². The second-order valence-electron chi connectivity index (χ2n) is 16.4. The van der Waals surface area contributed by atoms with Gasteiger partial charge in [-0.15, -0.1) is 0 Å². The zero-order valence-electron chi connectivity index (χ0n) is 34.6. The molecule has 11 aromatic rings. The average molecular weight is 786 g/mol. The van der Waals surface area contributed by atoms with Crippen molar-refractivity contribution < 1.29 is 0 Å². The number of fused-ring (bicyclic) bond motifs is 6. The Morgan fingerprint density at radius 1 is 0.311 bits per heavy atom. The maximum Gasteiger partial charge on any atom is 0.0541 e. The van der Waals surface area contributed by atoms with E-state index in [-0.39, 0.29) is 0 Å². The highest BCUT2D eigenvalue weighted by atomic mass is 15.1. The summed E-state index contributed by atoms with van der Waals surface area (Å²) in [5.74, 6) is 0. The number of pyridine rings is 2. The van der Waals surface area contributed by atoms with Gasteiger partial charge < -0.3 is 14.0 Å².